The molecule has 0 radical (unpaired) electrons. The zero-order valence-electron chi connectivity index (χ0n) is 15.0. The molecule has 0 aliphatic rings. The van der Waals surface area contributed by atoms with Gasteiger partial charge in [0.15, 0.2) is 5.82 Å². The molecule has 2 rings (SSSR count). The van der Waals surface area contributed by atoms with Gasteiger partial charge >= 0.3 is 0 Å². The van der Waals surface area contributed by atoms with Gasteiger partial charge in [0.1, 0.15) is 23.2 Å². The average molecular weight is 389 g/mol. The van der Waals surface area contributed by atoms with Crippen LogP contribution < -0.4 is 10.6 Å². The number of hydrogen-bond donors (Lipinski definition) is 2. The van der Waals surface area contributed by atoms with Crippen molar-refractivity contribution in [2.24, 2.45) is 5.92 Å². The minimum atomic E-state index is -0.922. The minimum Gasteiger partial charge on any atom is -0.340 e. The third-order valence-corrected chi connectivity index (χ3v) is 3.87. The minimum absolute atomic E-state index is 0. The zero-order valence-corrected chi connectivity index (χ0v) is 15.9. The molecule has 0 spiro atoms. The Morgan fingerprint density at radius 1 is 1.23 bits per heavy atom. The molecule has 1 aromatic heterocycles. The summed E-state index contributed by atoms with van der Waals surface area (Å²) in [6.07, 6.45) is 0.556. The van der Waals surface area contributed by atoms with Gasteiger partial charge in [0.25, 0.3) is 5.91 Å². The number of aromatic nitrogens is 2. The van der Waals surface area contributed by atoms with Gasteiger partial charge in [-0.15, -0.1) is 12.4 Å². The predicted octanol–water partition coefficient (Wildman–Crippen LogP) is 3.05. The predicted molar refractivity (Wildman–Crippen MR) is 95.2 cm³/mol. The fourth-order valence-electron chi connectivity index (χ4n) is 2.29. The Bertz CT molecular complexity index is 719. The summed E-state index contributed by atoms with van der Waals surface area (Å²) in [7, 11) is 1.83. The van der Waals surface area contributed by atoms with Crippen molar-refractivity contribution >= 4 is 18.3 Å². The van der Waals surface area contributed by atoms with E-state index in [2.05, 4.69) is 20.8 Å². The van der Waals surface area contributed by atoms with Crippen LogP contribution in [0.15, 0.2) is 22.7 Å². The third kappa shape index (κ3) is 5.22. The Morgan fingerprint density at radius 2 is 1.85 bits per heavy atom. The Labute approximate surface area is 157 Å². The average Bonchev–Trinajstić information content (AvgIpc) is 3.00. The molecule has 9 heteroatoms. The van der Waals surface area contributed by atoms with E-state index in [-0.39, 0.29) is 30.3 Å². The maximum absolute atomic E-state index is 13.8. The maximum Gasteiger partial charge on any atom is 0.257 e. The number of halogens is 3. The van der Waals surface area contributed by atoms with Crippen LogP contribution in [0.4, 0.5) is 8.78 Å². The number of rotatable bonds is 7. The topological polar surface area (TPSA) is 80.0 Å². The molecular weight excluding hydrogens is 366 g/mol. The molecule has 0 fully saturated rings. The summed E-state index contributed by atoms with van der Waals surface area (Å²) in [4.78, 5) is 16.6. The van der Waals surface area contributed by atoms with Gasteiger partial charge in [-0.2, -0.15) is 4.98 Å². The van der Waals surface area contributed by atoms with Crippen LogP contribution in [-0.2, 0) is 6.42 Å². The lowest BCUT2D eigenvalue weighted by Crippen LogP contribution is -2.33. The van der Waals surface area contributed by atoms with Crippen LogP contribution in [0.25, 0.3) is 0 Å². The van der Waals surface area contributed by atoms with Gasteiger partial charge in [-0.1, -0.05) is 25.1 Å². The Morgan fingerprint density at radius 3 is 2.38 bits per heavy atom. The van der Waals surface area contributed by atoms with Crippen molar-refractivity contribution in [3.63, 3.8) is 0 Å². The smallest absolute Gasteiger partial charge is 0.257 e. The quantitative estimate of drug-likeness (QED) is 0.762. The molecule has 6 nitrogen and oxygen atoms in total. The van der Waals surface area contributed by atoms with E-state index in [0.717, 1.165) is 12.1 Å². The molecule has 1 amide bonds. The van der Waals surface area contributed by atoms with E-state index in [0.29, 0.717) is 12.2 Å². The summed E-state index contributed by atoms with van der Waals surface area (Å²) >= 11 is 0. The number of nitrogens with zero attached hydrogens (tertiary/aromatic N) is 2. The van der Waals surface area contributed by atoms with E-state index in [1.165, 1.54) is 6.07 Å². The van der Waals surface area contributed by atoms with Gasteiger partial charge in [-0.3, -0.25) is 4.79 Å². The lowest BCUT2D eigenvalue weighted by molar-refractivity contribution is 0.0905. The first-order valence-electron chi connectivity index (χ1n) is 8.08. The highest BCUT2D eigenvalue weighted by molar-refractivity contribution is 5.94. The lowest BCUT2D eigenvalue weighted by atomic mass is 10.0. The van der Waals surface area contributed by atoms with Crippen LogP contribution in [-0.4, -0.2) is 29.1 Å². The van der Waals surface area contributed by atoms with Crippen molar-refractivity contribution in [2.75, 3.05) is 7.05 Å². The first-order chi connectivity index (χ1) is 11.8. The van der Waals surface area contributed by atoms with Crippen molar-refractivity contribution < 1.29 is 18.1 Å². The second-order valence-electron chi connectivity index (χ2n) is 6.23. The van der Waals surface area contributed by atoms with E-state index in [9.17, 15) is 13.6 Å². The normalized spacial score (nSPS) is 13.2. The summed E-state index contributed by atoms with van der Waals surface area (Å²) in [5.74, 6) is -2.12. The summed E-state index contributed by atoms with van der Waals surface area (Å²) in [5.41, 5.74) is -0.628. The molecule has 144 valence electrons. The second kappa shape index (κ2) is 9.59. The second-order valence-corrected chi connectivity index (χ2v) is 6.23. The maximum atomic E-state index is 13.8. The van der Waals surface area contributed by atoms with Crippen LogP contribution in [0.2, 0.25) is 0 Å². The zero-order chi connectivity index (χ0) is 18.6. The summed E-state index contributed by atoms with van der Waals surface area (Å²) in [5, 5.41) is 9.54. The standard InChI is InChI=1S/C17H22F2N4O2.ClH/c1-9(2)15(17-21-13(23-25-17)8-10(3)20-4)22-16(24)14-11(18)6-5-7-12(14)19;/h5-7,9-10,15,20H,8H2,1-4H3,(H,22,24);1H. The van der Waals surface area contributed by atoms with Crippen LogP contribution >= 0.6 is 12.4 Å². The van der Waals surface area contributed by atoms with Gasteiger partial charge < -0.3 is 15.2 Å². The molecule has 26 heavy (non-hydrogen) atoms. The monoisotopic (exact) mass is 388 g/mol. The summed E-state index contributed by atoms with van der Waals surface area (Å²) in [6, 6.07) is 2.77. The van der Waals surface area contributed by atoms with Crippen molar-refractivity contribution in [3.05, 3.63) is 47.1 Å². The van der Waals surface area contributed by atoms with Crippen LogP contribution in [0.3, 0.4) is 0 Å². The number of carbonyl (C=O) groups is 1. The van der Waals surface area contributed by atoms with Crippen LogP contribution in [0.1, 0.15) is 48.9 Å². The van der Waals surface area contributed by atoms with Gasteiger partial charge in [-0.05, 0) is 32.0 Å². The van der Waals surface area contributed by atoms with E-state index in [1.54, 1.807) is 0 Å². The molecule has 2 N–H and O–H groups in total. The van der Waals surface area contributed by atoms with Gasteiger partial charge in [0, 0.05) is 12.5 Å². The van der Waals surface area contributed by atoms with Crippen molar-refractivity contribution in [2.45, 2.75) is 39.3 Å². The van der Waals surface area contributed by atoms with E-state index < -0.39 is 29.1 Å². The van der Waals surface area contributed by atoms with Crippen LogP contribution in [0.5, 0.6) is 0 Å². The van der Waals surface area contributed by atoms with Crippen molar-refractivity contribution in [3.8, 4) is 0 Å². The largest absolute Gasteiger partial charge is 0.340 e. The third-order valence-electron chi connectivity index (χ3n) is 3.87. The fraction of sp³-hybridized carbons (Fsp3) is 0.471. The summed E-state index contributed by atoms with van der Waals surface area (Å²) < 4.78 is 32.8. The Hall–Kier alpha value is -2.06. The molecule has 2 unspecified atom stereocenters. The lowest BCUT2D eigenvalue weighted by Gasteiger charge is -2.19. The molecule has 0 saturated carbocycles. The number of nitrogens with one attached hydrogen (secondary N) is 2. The van der Waals surface area contributed by atoms with Crippen molar-refractivity contribution in [1.82, 2.24) is 20.8 Å². The first kappa shape index (κ1) is 22.0. The van der Waals surface area contributed by atoms with E-state index in [4.69, 9.17) is 4.52 Å². The Balaban J connectivity index is 0.00000338. The molecule has 0 aliphatic carbocycles. The van der Waals surface area contributed by atoms with E-state index >= 15 is 0 Å². The molecule has 0 aliphatic heterocycles. The number of hydrogen-bond acceptors (Lipinski definition) is 5. The van der Waals surface area contributed by atoms with Gasteiger partial charge in [-0.25, -0.2) is 8.78 Å². The number of benzene rings is 1. The molecule has 1 aromatic carbocycles. The molecule has 0 saturated heterocycles. The highest BCUT2D eigenvalue weighted by atomic mass is 35.5. The number of amides is 1. The SMILES string of the molecule is CNC(C)Cc1noc(C(NC(=O)c2c(F)cccc2F)C(C)C)n1.Cl. The highest BCUT2D eigenvalue weighted by Gasteiger charge is 2.27. The van der Waals surface area contributed by atoms with Crippen molar-refractivity contribution in [1.29, 1.82) is 0 Å². The number of likely N-dealkylation sites (N-methyl/N-ethyl adjacent to an activating group) is 1. The first-order valence-corrected chi connectivity index (χ1v) is 8.08. The Kier molecular flexibility index (Phi) is 8.10. The molecule has 2 atom stereocenters. The van der Waals surface area contributed by atoms with Gasteiger partial charge in [0.2, 0.25) is 5.89 Å². The number of carbonyl (C=O) groups excluding carboxylic acids is 1. The fourth-order valence-corrected chi connectivity index (χ4v) is 2.29. The summed E-state index contributed by atoms with van der Waals surface area (Å²) in [6.45, 7) is 5.64. The highest BCUT2D eigenvalue weighted by Crippen LogP contribution is 2.22. The molecule has 0 bridgehead atoms. The molecule has 2 aromatic rings. The molecular formula is C17H23ClF2N4O2. The van der Waals surface area contributed by atoms with Gasteiger partial charge in [0.05, 0.1) is 0 Å². The van der Waals surface area contributed by atoms with E-state index in [1.807, 2.05) is 27.8 Å². The van der Waals surface area contributed by atoms with Crippen LogP contribution in [0, 0.1) is 17.6 Å². The molecule has 1 heterocycles.